The van der Waals surface area contributed by atoms with Crippen LogP contribution in [-0.4, -0.2) is 17.2 Å². The molecule has 0 aliphatic rings. The molecule has 0 atom stereocenters. The largest absolute Gasteiger partial charge is 0.309 e. The molecule has 0 bridgehead atoms. The molecule has 0 saturated carbocycles. The Hall–Kier alpha value is -8.76. The molecule has 0 radical (unpaired) electrons. The minimum absolute atomic E-state index is 1.14. The van der Waals surface area contributed by atoms with E-state index < -0.39 is 8.07 Å². The van der Waals surface area contributed by atoms with Crippen molar-refractivity contribution in [2.24, 2.45) is 0 Å². The highest BCUT2D eigenvalue weighted by atomic mass is 28.3. The summed E-state index contributed by atoms with van der Waals surface area (Å²) in [4.78, 5) is 0. The fourth-order valence-electron chi connectivity index (χ4n) is 11.1. The fourth-order valence-corrected chi connectivity index (χ4v) is 15.9. The van der Waals surface area contributed by atoms with Gasteiger partial charge in [0.2, 0.25) is 0 Å². The Morgan fingerprint density at radius 3 is 1.07 bits per heavy atom. The number of para-hydroxylation sites is 1. The minimum Gasteiger partial charge on any atom is -0.309 e. The van der Waals surface area contributed by atoms with E-state index >= 15 is 0 Å². The van der Waals surface area contributed by atoms with E-state index in [1.54, 1.807) is 0 Å². The molecule has 0 unspecified atom stereocenters. The highest BCUT2D eigenvalue weighted by Gasteiger charge is 2.41. The van der Waals surface area contributed by atoms with Crippen molar-refractivity contribution in [2.45, 2.75) is 0 Å². The Labute approximate surface area is 403 Å². The molecular formula is C66H46N2Si. The molecular weight excluding hydrogens is 849 g/mol. The standard InChI is InChI=1S/C66H46N2Si/c1-6-20-47(21-7-1)49-24-18-26-53(42-49)67-63-35-17-16-34-59(63)61-44-51(36-40-64(61)67)52-37-41-65-62(45-52)60-39-38-58(46-66(60)68(65)54-27-19-25-50(43-54)48-22-8-2-9-23-48)69(55-28-10-3-11-29-55,56-30-12-4-13-31-56)57-32-14-5-15-33-57/h1-46H. The SMILES string of the molecule is c1ccc(-c2cccc(-n3c4ccccc4c4cc(-c5ccc6c(c5)c5ccc([Si](c7ccccc7)(c7ccccc7)c7ccccc7)cc5n6-c5cccc(-c6ccccc6)c5)ccc43)c2)cc1. The first-order valence-electron chi connectivity index (χ1n) is 23.8. The van der Waals surface area contributed by atoms with Crippen molar-refractivity contribution in [2.75, 3.05) is 0 Å². The van der Waals surface area contributed by atoms with E-state index in [4.69, 9.17) is 0 Å². The highest BCUT2D eigenvalue weighted by molar-refractivity contribution is 7.20. The molecule has 0 aliphatic heterocycles. The predicted octanol–water partition coefficient (Wildman–Crippen LogP) is 14.3. The Bertz CT molecular complexity index is 3890. The number of fused-ring (bicyclic) bond motifs is 6. The minimum atomic E-state index is -2.82. The Balaban J connectivity index is 1.03. The molecule has 324 valence electrons. The lowest BCUT2D eigenvalue weighted by Crippen LogP contribution is -2.74. The third-order valence-corrected chi connectivity index (χ3v) is 19.0. The Kier molecular flexibility index (Phi) is 9.88. The van der Waals surface area contributed by atoms with Crippen molar-refractivity contribution >= 4 is 72.4 Å². The van der Waals surface area contributed by atoms with E-state index in [0.717, 1.165) is 11.4 Å². The Morgan fingerprint density at radius 2 is 0.580 bits per heavy atom. The zero-order valence-electron chi connectivity index (χ0n) is 38.0. The van der Waals surface area contributed by atoms with Gasteiger partial charge in [-0.3, -0.25) is 0 Å². The Morgan fingerprint density at radius 1 is 0.203 bits per heavy atom. The molecule has 0 spiro atoms. The van der Waals surface area contributed by atoms with Crippen molar-refractivity contribution in [1.29, 1.82) is 0 Å². The van der Waals surface area contributed by atoms with Crippen molar-refractivity contribution in [3.05, 3.63) is 279 Å². The van der Waals surface area contributed by atoms with Crippen molar-refractivity contribution < 1.29 is 0 Å². The summed E-state index contributed by atoms with van der Waals surface area (Å²) in [5, 5.41) is 10.4. The van der Waals surface area contributed by atoms with Crippen LogP contribution < -0.4 is 20.7 Å². The number of hydrogen-bond donors (Lipinski definition) is 0. The first-order chi connectivity index (χ1) is 34.2. The quantitative estimate of drug-likeness (QED) is 0.101. The molecule has 2 nitrogen and oxygen atoms in total. The third kappa shape index (κ3) is 6.78. The molecule has 0 N–H and O–H groups in total. The van der Waals surface area contributed by atoms with Gasteiger partial charge in [-0.1, -0.05) is 218 Å². The molecule has 3 heteroatoms. The summed E-state index contributed by atoms with van der Waals surface area (Å²) < 4.78 is 4.92. The van der Waals surface area contributed by atoms with Crippen molar-refractivity contribution in [1.82, 2.24) is 9.13 Å². The van der Waals surface area contributed by atoms with E-state index in [1.165, 1.54) is 97.7 Å². The normalized spacial score (nSPS) is 11.8. The van der Waals surface area contributed by atoms with Gasteiger partial charge in [0.1, 0.15) is 0 Å². The maximum atomic E-state index is 2.52. The molecule has 11 aromatic carbocycles. The van der Waals surface area contributed by atoms with Crippen LogP contribution in [-0.2, 0) is 0 Å². The van der Waals surface area contributed by atoms with Gasteiger partial charge in [-0.05, 0) is 115 Å². The number of benzene rings is 11. The topological polar surface area (TPSA) is 9.86 Å². The summed E-state index contributed by atoms with van der Waals surface area (Å²) in [5.41, 5.74) is 14.2. The lowest BCUT2D eigenvalue weighted by molar-refractivity contribution is 1.18. The second kappa shape index (κ2) is 16.8. The third-order valence-electron chi connectivity index (χ3n) is 14.2. The van der Waals surface area contributed by atoms with Gasteiger partial charge >= 0.3 is 0 Å². The average molecular weight is 895 g/mol. The monoisotopic (exact) mass is 894 g/mol. The number of nitrogens with zero attached hydrogens (tertiary/aromatic N) is 2. The maximum absolute atomic E-state index is 2.82. The number of hydrogen-bond acceptors (Lipinski definition) is 0. The van der Waals surface area contributed by atoms with Gasteiger partial charge in [0.15, 0.2) is 8.07 Å². The molecule has 0 saturated heterocycles. The van der Waals surface area contributed by atoms with Gasteiger partial charge in [0.05, 0.1) is 22.1 Å². The van der Waals surface area contributed by atoms with Crippen LogP contribution in [0.2, 0.25) is 0 Å². The molecule has 0 fully saturated rings. The number of aromatic nitrogens is 2. The molecule has 2 heterocycles. The van der Waals surface area contributed by atoms with Gasteiger partial charge in [0, 0.05) is 32.9 Å². The summed E-state index contributed by atoms with van der Waals surface area (Å²) >= 11 is 0. The smallest absolute Gasteiger partial charge is 0.179 e. The molecule has 0 amide bonds. The van der Waals surface area contributed by atoms with Crippen LogP contribution in [0.1, 0.15) is 0 Å². The van der Waals surface area contributed by atoms with Crippen LogP contribution in [0.5, 0.6) is 0 Å². The summed E-state index contributed by atoms with van der Waals surface area (Å²) in [6, 6.07) is 103. The molecule has 13 rings (SSSR count). The molecule has 13 aromatic rings. The molecule has 69 heavy (non-hydrogen) atoms. The average Bonchev–Trinajstić information content (AvgIpc) is 3.94. The summed E-state index contributed by atoms with van der Waals surface area (Å²) in [6.45, 7) is 0. The van der Waals surface area contributed by atoms with E-state index in [0.29, 0.717) is 0 Å². The van der Waals surface area contributed by atoms with Crippen LogP contribution in [0.25, 0.3) is 88.4 Å². The van der Waals surface area contributed by atoms with Gasteiger partial charge in [-0.15, -0.1) is 0 Å². The van der Waals surface area contributed by atoms with Gasteiger partial charge in [-0.2, -0.15) is 0 Å². The van der Waals surface area contributed by atoms with E-state index in [-0.39, 0.29) is 0 Å². The van der Waals surface area contributed by atoms with Crippen LogP contribution in [0.4, 0.5) is 0 Å². The van der Waals surface area contributed by atoms with Gasteiger partial charge in [-0.25, -0.2) is 0 Å². The second-order valence-corrected chi connectivity index (χ2v) is 21.9. The summed E-state index contributed by atoms with van der Waals surface area (Å²) in [6.07, 6.45) is 0. The summed E-state index contributed by atoms with van der Waals surface area (Å²) in [7, 11) is -2.82. The fraction of sp³-hybridized carbons (Fsp3) is 0. The first-order valence-corrected chi connectivity index (χ1v) is 25.8. The lowest BCUT2D eigenvalue weighted by atomic mass is 10.0. The predicted molar refractivity (Wildman–Crippen MR) is 295 cm³/mol. The highest BCUT2D eigenvalue weighted by Crippen LogP contribution is 2.39. The van der Waals surface area contributed by atoms with E-state index in [9.17, 15) is 0 Å². The number of rotatable bonds is 9. The second-order valence-electron chi connectivity index (χ2n) is 18.1. The lowest BCUT2D eigenvalue weighted by Gasteiger charge is -2.34. The van der Waals surface area contributed by atoms with Gasteiger partial charge < -0.3 is 9.13 Å². The van der Waals surface area contributed by atoms with E-state index in [1.807, 2.05) is 0 Å². The van der Waals surface area contributed by atoms with E-state index in [2.05, 4.69) is 288 Å². The van der Waals surface area contributed by atoms with Gasteiger partial charge in [0.25, 0.3) is 0 Å². The molecule has 2 aromatic heterocycles. The first kappa shape index (κ1) is 40.5. The van der Waals surface area contributed by atoms with Crippen LogP contribution in [0.3, 0.4) is 0 Å². The van der Waals surface area contributed by atoms with Crippen LogP contribution in [0.15, 0.2) is 279 Å². The zero-order valence-corrected chi connectivity index (χ0v) is 39.0. The van der Waals surface area contributed by atoms with Crippen molar-refractivity contribution in [3.8, 4) is 44.8 Å². The van der Waals surface area contributed by atoms with Crippen LogP contribution >= 0.6 is 0 Å². The van der Waals surface area contributed by atoms with Crippen molar-refractivity contribution in [3.63, 3.8) is 0 Å². The summed E-state index contributed by atoms with van der Waals surface area (Å²) in [5.74, 6) is 0. The zero-order chi connectivity index (χ0) is 45.7. The molecule has 0 aliphatic carbocycles. The van der Waals surface area contributed by atoms with Crippen LogP contribution in [0, 0.1) is 0 Å². The maximum Gasteiger partial charge on any atom is 0.179 e.